The van der Waals surface area contributed by atoms with Crippen LogP contribution in [0.15, 0.2) is 121 Å². The molecule has 0 N–H and O–H groups in total. The second-order valence-corrected chi connectivity index (χ2v) is 16.1. The molecule has 0 radical (unpaired) electrons. The van der Waals surface area contributed by atoms with Crippen molar-refractivity contribution in [2.75, 3.05) is 12.3 Å². The molecule has 0 unspecified atom stereocenters. The van der Waals surface area contributed by atoms with Gasteiger partial charge in [-0.05, 0) is 24.2 Å². The molecule has 0 aromatic heterocycles. The summed E-state index contributed by atoms with van der Waals surface area (Å²) in [5.41, 5.74) is -0.347. The summed E-state index contributed by atoms with van der Waals surface area (Å²) in [5.74, 6) is 0.402. The van der Waals surface area contributed by atoms with E-state index in [-0.39, 0.29) is 5.41 Å². The van der Waals surface area contributed by atoms with Crippen LogP contribution in [-0.2, 0) is 9.13 Å². The fourth-order valence-corrected chi connectivity index (χ4v) is 12.7. The molecule has 0 atom stereocenters. The molecular formula is C32H34O2P2. The monoisotopic (exact) mass is 512 g/mol. The summed E-state index contributed by atoms with van der Waals surface area (Å²) >= 11 is 0. The lowest BCUT2D eigenvalue weighted by molar-refractivity contribution is 0.146. The predicted octanol–water partition coefficient (Wildman–Crippen LogP) is 6.82. The molecule has 184 valence electrons. The van der Waals surface area contributed by atoms with Crippen molar-refractivity contribution in [2.45, 2.75) is 26.2 Å². The third-order valence-corrected chi connectivity index (χ3v) is 14.8. The summed E-state index contributed by atoms with van der Waals surface area (Å²) < 4.78 is 30.3. The van der Waals surface area contributed by atoms with Crippen molar-refractivity contribution in [1.29, 1.82) is 0 Å². The van der Waals surface area contributed by atoms with E-state index < -0.39 is 14.3 Å². The van der Waals surface area contributed by atoms with Crippen LogP contribution >= 0.6 is 14.3 Å². The SMILES string of the molecule is CC(CP(=O)(c1ccccc1)c1ccccc1)(CP(=O)(c1ccccc1)c1ccccc1)C1CCC1. The van der Waals surface area contributed by atoms with Gasteiger partial charge in [-0.3, -0.25) is 0 Å². The quantitative estimate of drug-likeness (QED) is 0.231. The van der Waals surface area contributed by atoms with Crippen LogP contribution in [0.2, 0.25) is 0 Å². The predicted molar refractivity (Wildman–Crippen MR) is 155 cm³/mol. The average Bonchev–Trinajstić information content (AvgIpc) is 2.89. The molecule has 1 fully saturated rings. The maximum absolute atomic E-state index is 15.1. The Morgan fingerprint density at radius 2 is 0.833 bits per heavy atom. The van der Waals surface area contributed by atoms with Crippen molar-refractivity contribution in [1.82, 2.24) is 0 Å². The first-order chi connectivity index (χ1) is 17.4. The van der Waals surface area contributed by atoms with Crippen LogP contribution in [-0.4, -0.2) is 12.3 Å². The van der Waals surface area contributed by atoms with Gasteiger partial charge in [0, 0.05) is 33.5 Å². The normalized spacial score (nSPS) is 14.8. The van der Waals surface area contributed by atoms with Crippen LogP contribution in [0.3, 0.4) is 0 Å². The standard InChI is InChI=1S/C32H34O2P2/c1-32(27-15-14-16-27,25-35(33,28-17-6-2-7-18-28)29-19-8-3-9-20-29)26-36(34,30-21-10-4-11-22-30)31-23-12-5-13-24-31/h2-13,17-24,27H,14-16,25-26H2,1H3. The molecule has 36 heavy (non-hydrogen) atoms. The largest absolute Gasteiger partial charge is 0.314 e. The van der Waals surface area contributed by atoms with Gasteiger partial charge in [0.05, 0.1) is 0 Å². The third kappa shape index (κ3) is 4.82. The van der Waals surface area contributed by atoms with E-state index in [1.165, 1.54) is 6.42 Å². The molecular weight excluding hydrogens is 478 g/mol. The Bertz CT molecular complexity index is 1180. The Hall–Kier alpha value is -2.66. The van der Waals surface area contributed by atoms with Crippen LogP contribution in [0.5, 0.6) is 0 Å². The molecule has 0 amide bonds. The van der Waals surface area contributed by atoms with Crippen molar-refractivity contribution in [3.63, 3.8) is 0 Å². The second kappa shape index (κ2) is 10.4. The highest BCUT2D eigenvalue weighted by atomic mass is 31.2. The van der Waals surface area contributed by atoms with E-state index in [1.54, 1.807) is 0 Å². The molecule has 0 heterocycles. The maximum Gasteiger partial charge on any atom is 0.143 e. The van der Waals surface area contributed by atoms with Crippen molar-refractivity contribution >= 4 is 35.5 Å². The minimum absolute atomic E-state index is 0.347. The smallest absolute Gasteiger partial charge is 0.143 e. The zero-order valence-electron chi connectivity index (χ0n) is 20.9. The van der Waals surface area contributed by atoms with Crippen molar-refractivity contribution < 1.29 is 9.13 Å². The Kier molecular flexibility index (Phi) is 7.21. The number of hydrogen-bond donors (Lipinski definition) is 0. The molecule has 1 aliphatic rings. The summed E-state index contributed by atoms with van der Waals surface area (Å²) in [4.78, 5) is 0. The maximum atomic E-state index is 15.1. The zero-order chi connectivity index (χ0) is 25.1. The lowest BCUT2D eigenvalue weighted by Gasteiger charge is -2.46. The van der Waals surface area contributed by atoms with E-state index in [9.17, 15) is 0 Å². The molecule has 0 bridgehead atoms. The summed E-state index contributed by atoms with van der Waals surface area (Å²) in [6, 6.07) is 39.7. The summed E-state index contributed by atoms with van der Waals surface area (Å²) in [7, 11) is -5.94. The molecule has 5 rings (SSSR count). The van der Waals surface area contributed by atoms with Crippen LogP contribution in [0, 0.1) is 11.3 Å². The first kappa shape index (κ1) is 25.0. The fraction of sp³-hybridized carbons (Fsp3) is 0.250. The second-order valence-electron chi connectivity index (χ2n) is 10.4. The summed E-state index contributed by atoms with van der Waals surface area (Å²) in [5, 5.41) is 3.54. The Balaban J connectivity index is 1.64. The Morgan fingerprint density at radius 1 is 0.556 bits per heavy atom. The molecule has 4 aromatic rings. The van der Waals surface area contributed by atoms with Crippen molar-refractivity contribution in [2.24, 2.45) is 11.3 Å². The molecule has 0 spiro atoms. The van der Waals surface area contributed by atoms with Gasteiger partial charge in [0.25, 0.3) is 0 Å². The number of hydrogen-bond acceptors (Lipinski definition) is 2. The van der Waals surface area contributed by atoms with Gasteiger partial charge in [0.2, 0.25) is 0 Å². The van der Waals surface area contributed by atoms with Crippen molar-refractivity contribution in [3.05, 3.63) is 121 Å². The topological polar surface area (TPSA) is 34.1 Å². The molecule has 1 aliphatic carbocycles. The molecule has 4 aromatic carbocycles. The molecule has 1 saturated carbocycles. The zero-order valence-corrected chi connectivity index (χ0v) is 22.7. The van der Waals surface area contributed by atoms with E-state index in [0.717, 1.165) is 34.1 Å². The minimum Gasteiger partial charge on any atom is -0.314 e. The third-order valence-electron chi connectivity index (χ3n) is 7.95. The molecule has 4 heteroatoms. The summed E-state index contributed by atoms with van der Waals surface area (Å²) in [6.07, 6.45) is 4.42. The first-order valence-electron chi connectivity index (χ1n) is 12.8. The van der Waals surface area contributed by atoms with Gasteiger partial charge in [0.15, 0.2) is 0 Å². The fourth-order valence-electron chi connectivity index (χ4n) is 5.77. The van der Waals surface area contributed by atoms with Crippen LogP contribution in [0.1, 0.15) is 26.2 Å². The Labute approximate surface area is 215 Å². The van der Waals surface area contributed by atoms with E-state index in [4.69, 9.17) is 0 Å². The molecule has 0 aliphatic heterocycles. The van der Waals surface area contributed by atoms with Crippen LogP contribution in [0.25, 0.3) is 0 Å². The van der Waals surface area contributed by atoms with Gasteiger partial charge < -0.3 is 9.13 Å². The highest BCUT2D eigenvalue weighted by molar-refractivity contribution is 7.79. The van der Waals surface area contributed by atoms with Gasteiger partial charge in [0.1, 0.15) is 14.3 Å². The van der Waals surface area contributed by atoms with E-state index in [1.807, 2.05) is 121 Å². The van der Waals surface area contributed by atoms with Crippen molar-refractivity contribution in [3.8, 4) is 0 Å². The van der Waals surface area contributed by atoms with Gasteiger partial charge in [-0.1, -0.05) is 135 Å². The average molecular weight is 513 g/mol. The van der Waals surface area contributed by atoms with Gasteiger partial charge in [-0.25, -0.2) is 0 Å². The van der Waals surface area contributed by atoms with Gasteiger partial charge in [-0.15, -0.1) is 0 Å². The van der Waals surface area contributed by atoms with Gasteiger partial charge in [-0.2, -0.15) is 0 Å². The lowest BCUT2D eigenvalue weighted by Crippen LogP contribution is -2.43. The van der Waals surface area contributed by atoms with Gasteiger partial charge >= 0.3 is 0 Å². The van der Waals surface area contributed by atoms with E-state index in [0.29, 0.717) is 18.2 Å². The summed E-state index contributed by atoms with van der Waals surface area (Å²) in [6.45, 7) is 2.26. The number of rotatable bonds is 9. The molecule has 2 nitrogen and oxygen atoms in total. The molecule has 0 saturated heterocycles. The van der Waals surface area contributed by atoms with Crippen LogP contribution in [0.4, 0.5) is 0 Å². The van der Waals surface area contributed by atoms with Crippen LogP contribution < -0.4 is 21.2 Å². The highest BCUT2D eigenvalue weighted by Gasteiger charge is 2.48. The Morgan fingerprint density at radius 3 is 1.06 bits per heavy atom. The number of benzene rings is 4. The minimum atomic E-state index is -2.97. The van der Waals surface area contributed by atoms with E-state index in [2.05, 4.69) is 6.92 Å². The van der Waals surface area contributed by atoms with E-state index >= 15 is 9.13 Å². The highest BCUT2D eigenvalue weighted by Crippen LogP contribution is 2.60. The lowest BCUT2D eigenvalue weighted by atomic mass is 9.68. The first-order valence-corrected chi connectivity index (χ1v) is 16.6.